The van der Waals surface area contributed by atoms with Gasteiger partial charge in [0.05, 0.1) is 0 Å². The number of hydrogen-bond acceptors (Lipinski definition) is 4. The van der Waals surface area contributed by atoms with E-state index in [0.29, 0.717) is 18.0 Å². The number of amides is 1. The lowest BCUT2D eigenvalue weighted by Gasteiger charge is -2.08. The summed E-state index contributed by atoms with van der Waals surface area (Å²) in [5.74, 6) is 5.38. The van der Waals surface area contributed by atoms with Gasteiger partial charge in [-0.2, -0.15) is 5.90 Å². The Morgan fingerprint density at radius 1 is 1.57 bits per heavy atom. The molecule has 0 saturated heterocycles. The van der Waals surface area contributed by atoms with Crippen molar-refractivity contribution in [3.05, 3.63) is 23.8 Å². The second-order valence-corrected chi connectivity index (χ2v) is 2.83. The molecule has 76 valence electrons. The van der Waals surface area contributed by atoms with Crippen molar-refractivity contribution in [1.82, 2.24) is 0 Å². The van der Waals surface area contributed by atoms with Crippen molar-refractivity contribution in [3.63, 3.8) is 0 Å². The quantitative estimate of drug-likeness (QED) is 0.607. The van der Waals surface area contributed by atoms with Crippen molar-refractivity contribution < 1.29 is 9.63 Å². The number of nitrogens with one attached hydrogen (secondary N) is 1. The summed E-state index contributed by atoms with van der Waals surface area (Å²) in [6.45, 7) is 1.77. The summed E-state index contributed by atoms with van der Waals surface area (Å²) in [5, 5.41) is 2.62. The first kappa shape index (κ1) is 10.5. The van der Waals surface area contributed by atoms with E-state index in [0.717, 1.165) is 5.56 Å². The number of nitrogens with two attached hydrogens (primary N) is 2. The molecule has 0 aliphatic heterocycles. The van der Waals surface area contributed by atoms with E-state index in [2.05, 4.69) is 10.2 Å². The van der Waals surface area contributed by atoms with E-state index < -0.39 is 0 Å². The van der Waals surface area contributed by atoms with Gasteiger partial charge in [-0.25, -0.2) is 0 Å². The van der Waals surface area contributed by atoms with E-state index in [-0.39, 0.29) is 5.91 Å². The lowest BCUT2D eigenvalue weighted by atomic mass is 10.2. The Morgan fingerprint density at radius 2 is 2.29 bits per heavy atom. The Labute approximate surface area is 82.0 Å². The summed E-state index contributed by atoms with van der Waals surface area (Å²) in [6.07, 6.45) is 0. The van der Waals surface area contributed by atoms with Crippen LogP contribution in [0.1, 0.15) is 12.5 Å². The number of carbonyl (C=O) groups excluding carboxylic acids is 1. The predicted molar refractivity (Wildman–Crippen MR) is 53.5 cm³/mol. The molecule has 14 heavy (non-hydrogen) atoms. The molecule has 0 radical (unpaired) electrons. The standard InChI is InChI=1S/C9H13N3O2/c1-6(13)12-8-3-2-7(5-10)9(4-8)14-11/h2-4H,5,10-11H2,1H3,(H,12,13). The van der Waals surface area contributed by atoms with Crippen LogP contribution >= 0.6 is 0 Å². The molecule has 0 unspecified atom stereocenters. The molecule has 0 atom stereocenters. The highest BCUT2D eigenvalue weighted by Crippen LogP contribution is 2.21. The number of anilines is 1. The Hall–Kier alpha value is -1.59. The average Bonchev–Trinajstić information content (AvgIpc) is 2.16. The number of rotatable bonds is 3. The monoisotopic (exact) mass is 195 g/mol. The van der Waals surface area contributed by atoms with E-state index >= 15 is 0 Å². The smallest absolute Gasteiger partial charge is 0.221 e. The third-order valence-electron chi connectivity index (χ3n) is 1.73. The van der Waals surface area contributed by atoms with Crippen LogP contribution in [0.2, 0.25) is 0 Å². The molecule has 0 heterocycles. The molecule has 0 bridgehead atoms. The zero-order chi connectivity index (χ0) is 10.6. The van der Waals surface area contributed by atoms with Crippen LogP contribution in [0.3, 0.4) is 0 Å². The topological polar surface area (TPSA) is 90.4 Å². The minimum absolute atomic E-state index is 0.145. The predicted octanol–water partition coefficient (Wildman–Crippen LogP) is 0.356. The Balaban J connectivity index is 2.95. The van der Waals surface area contributed by atoms with Crippen LogP contribution in [0.5, 0.6) is 5.75 Å². The fourth-order valence-corrected chi connectivity index (χ4v) is 1.11. The first-order chi connectivity index (χ1) is 6.67. The third-order valence-corrected chi connectivity index (χ3v) is 1.73. The third kappa shape index (κ3) is 2.45. The zero-order valence-electron chi connectivity index (χ0n) is 7.91. The number of carbonyl (C=O) groups is 1. The summed E-state index contributed by atoms with van der Waals surface area (Å²) in [7, 11) is 0. The van der Waals surface area contributed by atoms with Crippen molar-refractivity contribution in [2.45, 2.75) is 13.5 Å². The highest BCUT2D eigenvalue weighted by molar-refractivity contribution is 5.88. The van der Waals surface area contributed by atoms with Gasteiger partial charge < -0.3 is 15.9 Å². The van der Waals surface area contributed by atoms with Crippen LogP contribution in [0.4, 0.5) is 5.69 Å². The van der Waals surface area contributed by atoms with E-state index in [1.165, 1.54) is 6.92 Å². The molecular weight excluding hydrogens is 182 g/mol. The van der Waals surface area contributed by atoms with Crippen LogP contribution in [-0.4, -0.2) is 5.91 Å². The Morgan fingerprint density at radius 3 is 2.79 bits per heavy atom. The highest BCUT2D eigenvalue weighted by atomic mass is 16.6. The molecular formula is C9H13N3O2. The van der Waals surface area contributed by atoms with Crippen molar-refractivity contribution >= 4 is 11.6 Å². The van der Waals surface area contributed by atoms with Crippen molar-refractivity contribution in [2.24, 2.45) is 11.6 Å². The molecule has 1 amide bonds. The molecule has 0 aliphatic carbocycles. The molecule has 1 rings (SSSR count). The molecule has 0 saturated carbocycles. The van der Waals surface area contributed by atoms with Crippen LogP contribution in [-0.2, 0) is 11.3 Å². The molecule has 1 aromatic rings. The van der Waals surface area contributed by atoms with Gasteiger partial charge in [-0.15, -0.1) is 0 Å². The summed E-state index contributed by atoms with van der Waals surface area (Å²) >= 11 is 0. The second kappa shape index (κ2) is 4.59. The molecule has 0 aliphatic rings. The van der Waals surface area contributed by atoms with Crippen LogP contribution in [0.25, 0.3) is 0 Å². The van der Waals surface area contributed by atoms with E-state index in [1.807, 2.05) is 0 Å². The molecule has 0 fully saturated rings. The molecule has 5 heteroatoms. The normalized spacial score (nSPS) is 9.64. The van der Waals surface area contributed by atoms with Gasteiger partial charge in [0.15, 0.2) is 5.75 Å². The highest BCUT2D eigenvalue weighted by Gasteiger charge is 2.03. The lowest BCUT2D eigenvalue weighted by Crippen LogP contribution is -2.10. The molecule has 0 spiro atoms. The second-order valence-electron chi connectivity index (χ2n) is 2.83. The summed E-state index contributed by atoms with van der Waals surface area (Å²) in [4.78, 5) is 15.4. The summed E-state index contributed by atoms with van der Waals surface area (Å²) in [5.41, 5.74) is 6.88. The largest absolute Gasteiger partial charge is 0.411 e. The Bertz CT molecular complexity index is 339. The first-order valence-corrected chi connectivity index (χ1v) is 4.14. The fraction of sp³-hybridized carbons (Fsp3) is 0.222. The minimum atomic E-state index is -0.145. The van der Waals surface area contributed by atoms with Gasteiger partial charge in [0.1, 0.15) is 0 Å². The van der Waals surface area contributed by atoms with Crippen LogP contribution in [0, 0.1) is 0 Å². The number of benzene rings is 1. The lowest BCUT2D eigenvalue weighted by molar-refractivity contribution is -0.114. The first-order valence-electron chi connectivity index (χ1n) is 4.14. The van der Waals surface area contributed by atoms with E-state index in [1.54, 1.807) is 18.2 Å². The summed E-state index contributed by atoms with van der Waals surface area (Å²) < 4.78 is 0. The maximum atomic E-state index is 10.8. The Kier molecular flexibility index (Phi) is 3.44. The van der Waals surface area contributed by atoms with Gasteiger partial charge in [0.2, 0.25) is 5.91 Å². The fourth-order valence-electron chi connectivity index (χ4n) is 1.11. The zero-order valence-corrected chi connectivity index (χ0v) is 7.91. The van der Waals surface area contributed by atoms with Crippen LogP contribution in [0.15, 0.2) is 18.2 Å². The van der Waals surface area contributed by atoms with Gasteiger partial charge in [-0.3, -0.25) is 4.79 Å². The molecule has 5 nitrogen and oxygen atoms in total. The van der Waals surface area contributed by atoms with Crippen molar-refractivity contribution in [2.75, 3.05) is 5.32 Å². The summed E-state index contributed by atoms with van der Waals surface area (Å²) in [6, 6.07) is 5.13. The number of hydrogen-bond donors (Lipinski definition) is 3. The van der Waals surface area contributed by atoms with E-state index in [4.69, 9.17) is 11.6 Å². The molecule has 1 aromatic carbocycles. The van der Waals surface area contributed by atoms with Gasteiger partial charge in [0, 0.05) is 30.8 Å². The van der Waals surface area contributed by atoms with Crippen LogP contribution < -0.4 is 21.8 Å². The SMILES string of the molecule is CC(=O)Nc1ccc(CN)c(ON)c1. The molecule has 5 N–H and O–H groups in total. The van der Waals surface area contributed by atoms with Gasteiger partial charge >= 0.3 is 0 Å². The van der Waals surface area contributed by atoms with Crippen molar-refractivity contribution in [3.8, 4) is 5.75 Å². The van der Waals surface area contributed by atoms with E-state index in [9.17, 15) is 4.79 Å². The van der Waals surface area contributed by atoms with Gasteiger partial charge in [-0.05, 0) is 6.07 Å². The average molecular weight is 195 g/mol. The maximum absolute atomic E-state index is 10.8. The maximum Gasteiger partial charge on any atom is 0.221 e. The van der Waals surface area contributed by atoms with Gasteiger partial charge in [-0.1, -0.05) is 6.07 Å². The van der Waals surface area contributed by atoms with Crippen molar-refractivity contribution in [1.29, 1.82) is 0 Å². The minimum Gasteiger partial charge on any atom is -0.411 e. The van der Waals surface area contributed by atoms with Gasteiger partial charge in [0.25, 0.3) is 0 Å². The molecule has 0 aromatic heterocycles.